The van der Waals surface area contributed by atoms with Gasteiger partial charge in [-0.3, -0.25) is 4.79 Å². The fraction of sp³-hybridized carbons (Fsp3) is 0.276. The Labute approximate surface area is 219 Å². The van der Waals surface area contributed by atoms with Crippen LogP contribution in [-0.2, 0) is 0 Å². The normalized spacial score (nSPS) is 17.6. The molecule has 1 aliphatic rings. The summed E-state index contributed by atoms with van der Waals surface area (Å²) in [5.74, 6) is 1.62. The number of rotatable bonds is 6. The van der Waals surface area contributed by atoms with Crippen LogP contribution in [0.4, 0.5) is 5.69 Å². The molecule has 0 unspecified atom stereocenters. The third-order valence-corrected chi connectivity index (χ3v) is 7.27. The Morgan fingerprint density at radius 3 is 2.35 bits per heavy atom. The SMILES string of the molecule is COc1ccc(N2CC[C@@H](c3c(OC)cc(OC)c4c(=O)cc(-c5ccccc5Cl)oc34)[C@H](O)C2)cc1. The van der Waals surface area contributed by atoms with Crippen molar-refractivity contribution in [2.45, 2.75) is 18.4 Å². The van der Waals surface area contributed by atoms with Crippen LogP contribution >= 0.6 is 11.6 Å². The summed E-state index contributed by atoms with van der Waals surface area (Å²) in [5, 5.41) is 12.1. The lowest BCUT2D eigenvalue weighted by molar-refractivity contribution is 0.128. The zero-order valence-corrected chi connectivity index (χ0v) is 21.6. The molecule has 1 aliphatic heterocycles. The summed E-state index contributed by atoms with van der Waals surface area (Å²) < 4.78 is 22.9. The molecule has 0 saturated carbocycles. The average Bonchev–Trinajstić information content (AvgIpc) is 2.92. The van der Waals surface area contributed by atoms with Crippen LogP contribution in [0.15, 0.2) is 69.9 Å². The third-order valence-electron chi connectivity index (χ3n) is 6.94. The molecule has 8 heteroatoms. The molecule has 192 valence electrons. The van der Waals surface area contributed by atoms with Gasteiger partial charge in [0.2, 0.25) is 0 Å². The zero-order valence-electron chi connectivity index (χ0n) is 20.9. The summed E-state index contributed by atoms with van der Waals surface area (Å²) in [6.45, 7) is 1.10. The average molecular weight is 522 g/mol. The van der Waals surface area contributed by atoms with Crippen LogP contribution in [0.3, 0.4) is 0 Å². The van der Waals surface area contributed by atoms with Gasteiger partial charge < -0.3 is 28.6 Å². The first-order valence-corrected chi connectivity index (χ1v) is 12.4. The van der Waals surface area contributed by atoms with Gasteiger partial charge in [0.15, 0.2) is 5.43 Å². The molecule has 1 N–H and O–H groups in total. The molecule has 3 aromatic carbocycles. The number of methoxy groups -OCH3 is 3. The number of aliphatic hydroxyl groups is 1. The molecule has 0 amide bonds. The fourth-order valence-corrected chi connectivity index (χ4v) is 5.30. The summed E-state index contributed by atoms with van der Waals surface area (Å²) in [7, 11) is 4.68. The molecule has 5 rings (SSSR count). The molecule has 4 aromatic rings. The van der Waals surface area contributed by atoms with Gasteiger partial charge in [-0.1, -0.05) is 23.7 Å². The van der Waals surface area contributed by atoms with Crippen LogP contribution in [0.5, 0.6) is 17.2 Å². The standard InChI is InChI=1S/C29H28ClNO6/c1-34-18-10-8-17(9-11-18)31-13-12-20(23(33)16-31)27-25(35-2)15-26(36-3)28-22(32)14-24(37-29(27)28)19-6-4-5-7-21(19)30/h4-11,14-15,20,23,33H,12-13,16H2,1-3H3/t20-,23-/m1/s1. The number of hydrogen-bond donors (Lipinski definition) is 1. The molecule has 1 saturated heterocycles. The van der Waals surface area contributed by atoms with Gasteiger partial charge in [-0.15, -0.1) is 0 Å². The van der Waals surface area contributed by atoms with Gasteiger partial charge in [-0.25, -0.2) is 0 Å². The topological polar surface area (TPSA) is 81.4 Å². The molecule has 0 aliphatic carbocycles. The van der Waals surface area contributed by atoms with E-state index in [1.54, 1.807) is 32.4 Å². The predicted octanol–water partition coefficient (Wildman–Crippen LogP) is 5.49. The molecule has 37 heavy (non-hydrogen) atoms. The van der Waals surface area contributed by atoms with Crippen molar-refractivity contribution in [3.05, 3.63) is 81.5 Å². The Bertz CT molecular complexity index is 1480. The highest BCUT2D eigenvalue weighted by atomic mass is 35.5. The van der Waals surface area contributed by atoms with E-state index in [4.69, 9.17) is 30.2 Å². The lowest BCUT2D eigenvalue weighted by Gasteiger charge is -2.38. The van der Waals surface area contributed by atoms with E-state index in [0.29, 0.717) is 63.9 Å². The third kappa shape index (κ3) is 4.61. The number of aliphatic hydroxyl groups excluding tert-OH is 1. The van der Waals surface area contributed by atoms with Crippen LogP contribution in [-0.4, -0.2) is 45.6 Å². The summed E-state index contributed by atoms with van der Waals surface area (Å²) in [5.41, 5.74) is 2.32. The van der Waals surface area contributed by atoms with E-state index < -0.39 is 6.10 Å². The summed E-state index contributed by atoms with van der Waals surface area (Å²) in [6, 6.07) is 18.0. The first kappa shape index (κ1) is 25.0. The monoisotopic (exact) mass is 521 g/mol. The van der Waals surface area contributed by atoms with Gasteiger partial charge in [0.25, 0.3) is 0 Å². The maximum absolute atomic E-state index is 13.4. The predicted molar refractivity (Wildman–Crippen MR) is 145 cm³/mol. The number of fused-ring (bicyclic) bond motifs is 1. The molecule has 2 heterocycles. The molecular weight excluding hydrogens is 494 g/mol. The second-order valence-electron chi connectivity index (χ2n) is 8.96. The first-order valence-electron chi connectivity index (χ1n) is 12.0. The molecule has 0 spiro atoms. The Kier molecular flexibility index (Phi) is 7.00. The minimum atomic E-state index is -0.740. The fourth-order valence-electron chi connectivity index (χ4n) is 5.07. The van der Waals surface area contributed by atoms with Crippen LogP contribution in [0.25, 0.3) is 22.3 Å². The molecule has 0 bridgehead atoms. The van der Waals surface area contributed by atoms with Crippen LogP contribution in [0.2, 0.25) is 5.02 Å². The van der Waals surface area contributed by atoms with Gasteiger partial charge in [0.05, 0.1) is 32.5 Å². The maximum atomic E-state index is 13.4. The van der Waals surface area contributed by atoms with E-state index in [0.717, 1.165) is 11.4 Å². The Hall–Kier alpha value is -3.68. The Morgan fingerprint density at radius 1 is 0.973 bits per heavy atom. The quantitative estimate of drug-likeness (QED) is 0.359. The zero-order chi connectivity index (χ0) is 26.1. The Balaban J connectivity index is 1.61. The summed E-state index contributed by atoms with van der Waals surface area (Å²) >= 11 is 6.42. The molecule has 0 radical (unpaired) electrons. The van der Waals surface area contributed by atoms with Gasteiger partial charge in [-0.05, 0) is 42.8 Å². The van der Waals surface area contributed by atoms with Crippen molar-refractivity contribution in [3.8, 4) is 28.6 Å². The number of β-amino-alcohol motifs (C(OH)–C–C–N with tert-alkyl or cyclic N) is 1. The lowest BCUT2D eigenvalue weighted by Crippen LogP contribution is -2.43. The van der Waals surface area contributed by atoms with Crippen molar-refractivity contribution in [2.24, 2.45) is 0 Å². The molecule has 1 aromatic heterocycles. The van der Waals surface area contributed by atoms with E-state index in [-0.39, 0.29) is 11.3 Å². The van der Waals surface area contributed by atoms with E-state index in [1.807, 2.05) is 36.4 Å². The minimum absolute atomic E-state index is 0.262. The van der Waals surface area contributed by atoms with E-state index >= 15 is 0 Å². The number of hydrogen-bond acceptors (Lipinski definition) is 7. The number of ether oxygens (including phenoxy) is 3. The van der Waals surface area contributed by atoms with Gasteiger partial charge >= 0.3 is 0 Å². The van der Waals surface area contributed by atoms with Crippen molar-refractivity contribution in [1.29, 1.82) is 0 Å². The molecular formula is C29H28ClNO6. The van der Waals surface area contributed by atoms with E-state index in [1.165, 1.54) is 13.2 Å². The second kappa shape index (κ2) is 10.4. The first-order chi connectivity index (χ1) is 17.9. The number of benzene rings is 3. The molecule has 2 atom stereocenters. The van der Waals surface area contributed by atoms with Crippen molar-refractivity contribution >= 4 is 28.3 Å². The lowest BCUT2D eigenvalue weighted by atomic mass is 9.85. The van der Waals surface area contributed by atoms with Crippen molar-refractivity contribution in [1.82, 2.24) is 0 Å². The number of anilines is 1. The highest BCUT2D eigenvalue weighted by Crippen LogP contribution is 2.44. The van der Waals surface area contributed by atoms with E-state index in [9.17, 15) is 9.90 Å². The van der Waals surface area contributed by atoms with Crippen LogP contribution in [0.1, 0.15) is 17.9 Å². The number of piperidine rings is 1. The minimum Gasteiger partial charge on any atom is -0.497 e. The highest BCUT2D eigenvalue weighted by molar-refractivity contribution is 6.33. The van der Waals surface area contributed by atoms with E-state index in [2.05, 4.69) is 4.90 Å². The highest BCUT2D eigenvalue weighted by Gasteiger charge is 2.34. The van der Waals surface area contributed by atoms with Gasteiger partial charge in [0, 0.05) is 48.0 Å². The largest absolute Gasteiger partial charge is 0.497 e. The van der Waals surface area contributed by atoms with Crippen LogP contribution in [0, 0.1) is 0 Å². The summed E-state index contributed by atoms with van der Waals surface area (Å²) in [4.78, 5) is 15.5. The van der Waals surface area contributed by atoms with Gasteiger partial charge in [-0.2, -0.15) is 0 Å². The van der Waals surface area contributed by atoms with Crippen molar-refractivity contribution < 1.29 is 23.7 Å². The number of halogens is 1. The van der Waals surface area contributed by atoms with Crippen LogP contribution < -0.4 is 24.5 Å². The smallest absolute Gasteiger partial charge is 0.197 e. The number of nitrogens with zero attached hydrogens (tertiary/aromatic N) is 1. The molecule has 1 fully saturated rings. The Morgan fingerprint density at radius 2 is 1.70 bits per heavy atom. The second-order valence-corrected chi connectivity index (χ2v) is 9.37. The van der Waals surface area contributed by atoms with Crippen molar-refractivity contribution in [2.75, 3.05) is 39.3 Å². The van der Waals surface area contributed by atoms with Gasteiger partial charge in [0.1, 0.15) is 34.0 Å². The maximum Gasteiger partial charge on any atom is 0.197 e. The molecule has 7 nitrogen and oxygen atoms in total. The summed E-state index contributed by atoms with van der Waals surface area (Å²) in [6.07, 6.45) is -0.124. The van der Waals surface area contributed by atoms with Crippen molar-refractivity contribution in [3.63, 3.8) is 0 Å².